The standard InChI is InChI=1S/C17H16ClFO2/c1-12-4-2-6-15(10-12)21-9-8-14(20)11-13-5-3-7-16(18)17(13)19/h2-7,10H,8-9,11H2,1H3. The van der Waals surface area contributed by atoms with Crippen LogP contribution in [-0.2, 0) is 11.2 Å². The Kier molecular flexibility index (Phi) is 5.34. The highest BCUT2D eigenvalue weighted by Crippen LogP contribution is 2.19. The van der Waals surface area contributed by atoms with E-state index < -0.39 is 5.82 Å². The quantitative estimate of drug-likeness (QED) is 0.792. The number of benzene rings is 2. The van der Waals surface area contributed by atoms with E-state index in [1.807, 2.05) is 31.2 Å². The van der Waals surface area contributed by atoms with Crippen molar-refractivity contribution in [3.05, 3.63) is 64.4 Å². The topological polar surface area (TPSA) is 26.3 Å². The summed E-state index contributed by atoms with van der Waals surface area (Å²) in [5.41, 5.74) is 1.42. The summed E-state index contributed by atoms with van der Waals surface area (Å²) in [7, 11) is 0. The number of carbonyl (C=O) groups is 1. The van der Waals surface area contributed by atoms with Crippen LogP contribution in [0.5, 0.6) is 5.75 Å². The van der Waals surface area contributed by atoms with Gasteiger partial charge in [0.05, 0.1) is 11.6 Å². The van der Waals surface area contributed by atoms with Gasteiger partial charge in [0.2, 0.25) is 0 Å². The SMILES string of the molecule is Cc1cccc(OCCC(=O)Cc2cccc(Cl)c2F)c1. The molecule has 0 saturated heterocycles. The van der Waals surface area contributed by atoms with Crippen molar-refractivity contribution in [3.8, 4) is 5.75 Å². The highest BCUT2D eigenvalue weighted by atomic mass is 35.5. The van der Waals surface area contributed by atoms with Crippen molar-refractivity contribution in [3.63, 3.8) is 0 Å². The van der Waals surface area contributed by atoms with E-state index in [1.54, 1.807) is 12.1 Å². The fraction of sp³-hybridized carbons (Fsp3) is 0.235. The first-order valence-electron chi connectivity index (χ1n) is 6.70. The number of hydrogen-bond donors (Lipinski definition) is 0. The van der Waals surface area contributed by atoms with E-state index in [2.05, 4.69) is 0 Å². The third-order valence-corrected chi connectivity index (χ3v) is 3.35. The molecule has 0 aliphatic heterocycles. The van der Waals surface area contributed by atoms with Gasteiger partial charge in [-0.2, -0.15) is 0 Å². The Bertz CT molecular complexity index is 640. The maximum atomic E-state index is 13.7. The van der Waals surface area contributed by atoms with Crippen LogP contribution in [0.3, 0.4) is 0 Å². The van der Waals surface area contributed by atoms with E-state index in [-0.39, 0.29) is 30.3 Å². The summed E-state index contributed by atoms with van der Waals surface area (Å²) >= 11 is 5.69. The molecule has 2 aromatic carbocycles. The molecule has 0 N–H and O–H groups in total. The summed E-state index contributed by atoms with van der Waals surface area (Å²) < 4.78 is 19.2. The Hall–Kier alpha value is -1.87. The lowest BCUT2D eigenvalue weighted by atomic mass is 10.1. The fourth-order valence-electron chi connectivity index (χ4n) is 1.97. The highest BCUT2D eigenvalue weighted by molar-refractivity contribution is 6.30. The van der Waals surface area contributed by atoms with Crippen LogP contribution in [-0.4, -0.2) is 12.4 Å². The number of carbonyl (C=O) groups excluding carboxylic acids is 1. The van der Waals surface area contributed by atoms with Crippen molar-refractivity contribution >= 4 is 17.4 Å². The molecule has 0 fully saturated rings. The number of ketones is 1. The van der Waals surface area contributed by atoms with Crippen molar-refractivity contribution in [1.82, 2.24) is 0 Å². The molecule has 0 amide bonds. The van der Waals surface area contributed by atoms with Crippen LogP contribution in [0.25, 0.3) is 0 Å². The second-order valence-corrected chi connectivity index (χ2v) is 5.25. The molecular formula is C17H16ClFO2. The molecule has 0 radical (unpaired) electrons. The van der Waals surface area contributed by atoms with E-state index >= 15 is 0 Å². The summed E-state index contributed by atoms with van der Waals surface area (Å²) in [6.45, 7) is 2.25. The Morgan fingerprint density at radius 2 is 2.00 bits per heavy atom. The first-order valence-corrected chi connectivity index (χ1v) is 7.08. The van der Waals surface area contributed by atoms with E-state index in [1.165, 1.54) is 6.07 Å². The average Bonchev–Trinajstić information content (AvgIpc) is 2.44. The molecule has 4 heteroatoms. The smallest absolute Gasteiger partial charge is 0.145 e. The predicted octanol–water partition coefficient (Wildman–Crippen LogP) is 4.37. The van der Waals surface area contributed by atoms with Crippen molar-refractivity contribution in [1.29, 1.82) is 0 Å². The van der Waals surface area contributed by atoms with Gasteiger partial charge in [0.15, 0.2) is 0 Å². The second kappa shape index (κ2) is 7.23. The van der Waals surface area contributed by atoms with E-state index in [9.17, 15) is 9.18 Å². The van der Waals surface area contributed by atoms with Gasteiger partial charge in [-0.1, -0.05) is 35.9 Å². The molecule has 0 unspecified atom stereocenters. The molecule has 0 atom stereocenters. The molecule has 0 heterocycles. The van der Waals surface area contributed by atoms with Crippen molar-refractivity contribution < 1.29 is 13.9 Å². The van der Waals surface area contributed by atoms with Gasteiger partial charge in [0.1, 0.15) is 17.3 Å². The van der Waals surface area contributed by atoms with E-state index in [4.69, 9.17) is 16.3 Å². The van der Waals surface area contributed by atoms with Crippen LogP contribution >= 0.6 is 11.6 Å². The largest absolute Gasteiger partial charge is 0.493 e. The van der Waals surface area contributed by atoms with Gasteiger partial charge in [0, 0.05) is 12.8 Å². The van der Waals surface area contributed by atoms with Gasteiger partial charge in [-0.15, -0.1) is 0 Å². The molecule has 0 bridgehead atoms. The van der Waals surface area contributed by atoms with Gasteiger partial charge >= 0.3 is 0 Å². The summed E-state index contributed by atoms with van der Waals surface area (Å²) in [5.74, 6) is 0.132. The zero-order valence-corrected chi connectivity index (χ0v) is 12.5. The fourth-order valence-corrected chi connectivity index (χ4v) is 2.17. The number of rotatable bonds is 6. The lowest BCUT2D eigenvalue weighted by Gasteiger charge is -2.07. The first kappa shape index (κ1) is 15.5. The summed E-state index contributed by atoms with van der Waals surface area (Å²) in [6.07, 6.45) is 0.267. The third-order valence-electron chi connectivity index (χ3n) is 3.06. The van der Waals surface area contributed by atoms with Crippen LogP contribution in [0.4, 0.5) is 4.39 Å². The molecule has 110 valence electrons. The minimum absolute atomic E-state index is 0.0313. The van der Waals surface area contributed by atoms with Crippen molar-refractivity contribution in [2.45, 2.75) is 19.8 Å². The molecule has 0 aromatic heterocycles. The maximum absolute atomic E-state index is 13.7. The maximum Gasteiger partial charge on any atom is 0.145 e. The zero-order chi connectivity index (χ0) is 15.2. The summed E-state index contributed by atoms with van der Waals surface area (Å²) in [5, 5.41) is 0.0383. The Morgan fingerprint density at radius 1 is 1.24 bits per heavy atom. The minimum atomic E-state index is -0.521. The normalized spacial score (nSPS) is 10.4. The van der Waals surface area contributed by atoms with Crippen LogP contribution in [0, 0.1) is 12.7 Å². The van der Waals surface area contributed by atoms with Gasteiger partial charge < -0.3 is 4.74 Å². The van der Waals surface area contributed by atoms with Crippen LogP contribution in [0.15, 0.2) is 42.5 Å². The molecule has 0 aliphatic carbocycles. The molecule has 0 saturated carbocycles. The van der Waals surface area contributed by atoms with Crippen LogP contribution in [0.2, 0.25) is 5.02 Å². The molecule has 21 heavy (non-hydrogen) atoms. The van der Waals surface area contributed by atoms with Crippen LogP contribution < -0.4 is 4.74 Å². The Balaban J connectivity index is 1.84. The Morgan fingerprint density at radius 3 is 2.76 bits per heavy atom. The number of halogens is 2. The Labute approximate surface area is 128 Å². The number of ether oxygens (including phenoxy) is 1. The first-order chi connectivity index (χ1) is 10.1. The summed E-state index contributed by atoms with van der Waals surface area (Å²) in [6, 6.07) is 12.3. The zero-order valence-electron chi connectivity index (χ0n) is 11.7. The molecule has 2 aromatic rings. The molecular weight excluding hydrogens is 291 g/mol. The van der Waals surface area contributed by atoms with Crippen LogP contribution in [0.1, 0.15) is 17.5 Å². The van der Waals surface area contributed by atoms with Gasteiger partial charge in [0.25, 0.3) is 0 Å². The third kappa shape index (κ3) is 4.57. The number of Topliss-reactive ketones (excluding diaryl/α,β-unsaturated/α-hetero) is 1. The number of hydrogen-bond acceptors (Lipinski definition) is 2. The van der Waals surface area contributed by atoms with Crippen molar-refractivity contribution in [2.75, 3.05) is 6.61 Å². The van der Waals surface area contributed by atoms with E-state index in [0.29, 0.717) is 5.56 Å². The lowest BCUT2D eigenvalue weighted by molar-refractivity contribution is -0.118. The molecule has 0 aliphatic rings. The number of aryl methyl sites for hydroxylation is 1. The van der Waals surface area contributed by atoms with E-state index in [0.717, 1.165) is 11.3 Å². The summed E-state index contributed by atoms with van der Waals surface area (Å²) in [4.78, 5) is 11.8. The predicted molar refractivity (Wildman–Crippen MR) is 81.4 cm³/mol. The average molecular weight is 307 g/mol. The molecule has 0 spiro atoms. The lowest BCUT2D eigenvalue weighted by Crippen LogP contribution is -2.10. The minimum Gasteiger partial charge on any atom is -0.493 e. The molecule has 2 nitrogen and oxygen atoms in total. The molecule has 2 rings (SSSR count). The highest BCUT2D eigenvalue weighted by Gasteiger charge is 2.10. The second-order valence-electron chi connectivity index (χ2n) is 4.84. The van der Waals surface area contributed by atoms with Crippen molar-refractivity contribution in [2.24, 2.45) is 0 Å². The van der Waals surface area contributed by atoms with Gasteiger partial charge in [-0.3, -0.25) is 4.79 Å². The van der Waals surface area contributed by atoms with Gasteiger partial charge in [-0.25, -0.2) is 4.39 Å². The monoisotopic (exact) mass is 306 g/mol. The van der Waals surface area contributed by atoms with Gasteiger partial charge in [-0.05, 0) is 36.2 Å².